The van der Waals surface area contributed by atoms with Crippen LogP contribution in [0.2, 0.25) is 0 Å². The Bertz CT molecular complexity index is 977. The minimum atomic E-state index is -0.225. The molecule has 4 heterocycles. The standard InChI is InChI=1S/C22H25N5O2/c1-2-25-12-9-22(14-25)10-13-26(15-22)21(29)27-18-8-4-3-6-16(18)20(28)24-17-7-5-11-23-19(17)27/h3-8,11H,2,9-10,12-15H2,1H3,(H,24,28). The number of rotatable bonds is 1. The molecule has 1 N–H and O–H groups in total. The normalized spacial score (nSPS) is 23.7. The molecule has 1 unspecified atom stereocenters. The number of nitrogens with zero attached hydrogens (tertiary/aromatic N) is 4. The summed E-state index contributed by atoms with van der Waals surface area (Å²) in [5.41, 5.74) is 1.80. The van der Waals surface area contributed by atoms with Gasteiger partial charge in [0.05, 0.1) is 16.9 Å². The van der Waals surface area contributed by atoms with Gasteiger partial charge in [-0.25, -0.2) is 14.7 Å². The van der Waals surface area contributed by atoms with E-state index in [9.17, 15) is 9.59 Å². The predicted octanol–water partition coefficient (Wildman–Crippen LogP) is 3.32. The van der Waals surface area contributed by atoms with Crippen molar-refractivity contribution in [1.82, 2.24) is 14.8 Å². The molecule has 7 heteroatoms. The molecule has 29 heavy (non-hydrogen) atoms. The summed E-state index contributed by atoms with van der Waals surface area (Å²) in [4.78, 5) is 36.9. The molecule has 5 rings (SSSR count). The van der Waals surface area contributed by atoms with Crippen molar-refractivity contribution in [3.05, 3.63) is 48.2 Å². The number of aromatic nitrogens is 1. The minimum absolute atomic E-state index is 0.110. The fourth-order valence-electron chi connectivity index (χ4n) is 4.90. The van der Waals surface area contributed by atoms with E-state index in [0.717, 1.165) is 45.6 Å². The summed E-state index contributed by atoms with van der Waals surface area (Å²) in [6.07, 6.45) is 3.81. The molecule has 1 spiro atoms. The molecule has 2 saturated heterocycles. The van der Waals surface area contributed by atoms with Crippen molar-refractivity contribution in [1.29, 1.82) is 0 Å². The fraction of sp³-hybridized carbons (Fsp3) is 0.409. The highest BCUT2D eigenvalue weighted by molar-refractivity contribution is 6.16. The van der Waals surface area contributed by atoms with Crippen LogP contribution < -0.4 is 10.2 Å². The van der Waals surface area contributed by atoms with E-state index in [-0.39, 0.29) is 17.4 Å². The first-order valence-electron chi connectivity index (χ1n) is 10.3. The maximum Gasteiger partial charge on any atom is 0.330 e. The maximum absolute atomic E-state index is 13.7. The van der Waals surface area contributed by atoms with Gasteiger partial charge in [-0.15, -0.1) is 0 Å². The third-order valence-electron chi connectivity index (χ3n) is 6.50. The SMILES string of the molecule is CCN1CCC2(CCN(C(=O)N3c4ccccc4C(=O)Nc4cccnc43)C2)C1. The highest BCUT2D eigenvalue weighted by Gasteiger charge is 2.46. The lowest BCUT2D eigenvalue weighted by molar-refractivity contribution is 0.102. The van der Waals surface area contributed by atoms with Gasteiger partial charge in [-0.1, -0.05) is 19.1 Å². The molecular formula is C22H25N5O2. The number of carbonyl (C=O) groups is 2. The topological polar surface area (TPSA) is 68.8 Å². The number of fused-ring (bicyclic) bond motifs is 2. The number of urea groups is 1. The summed E-state index contributed by atoms with van der Waals surface area (Å²) < 4.78 is 0. The van der Waals surface area contributed by atoms with Crippen molar-refractivity contribution in [2.24, 2.45) is 5.41 Å². The third-order valence-corrected chi connectivity index (χ3v) is 6.50. The summed E-state index contributed by atoms with van der Waals surface area (Å²) in [6, 6.07) is 10.7. The van der Waals surface area contributed by atoms with Crippen LogP contribution in [0.1, 0.15) is 30.1 Å². The highest BCUT2D eigenvalue weighted by Crippen LogP contribution is 2.42. The lowest BCUT2D eigenvalue weighted by Crippen LogP contribution is -2.41. The van der Waals surface area contributed by atoms with Gasteiger partial charge in [0, 0.05) is 31.2 Å². The number of para-hydroxylation sites is 1. The Balaban J connectivity index is 1.51. The van der Waals surface area contributed by atoms with Gasteiger partial charge in [-0.3, -0.25) is 4.79 Å². The molecule has 0 bridgehead atoms. The van der Waals surface area contributed by atoms with Crippen LogP contribution in [0.3, 0.4) is 0 Å². The number of pyridine rings is 1. The fourth-order valence-corrected chi connectivity index (χ4v) is 4.90. The summed E-state index contributed by atoms with van der Waals surface area (Å²) >= 11 is 0. The largest absolute Gasteiger partial charge is 0.330 e. The molecule has 3 amide bonds. The second kappa shape index (κ2) is 6.84. The molecule has 1 atom stereocenters. The first-order valence-corrected chi connectivity index (χ1v) is 10.3. The molecule has 1 aromatic carbocycles. The summed E-state index contributed by atoms with van der Waals surface area (Å²) in [7, 11) is 0. The summed E-state index contributed by atoms with van der Waals surface area (Å²) in [5, 5.41) is 2.90. The van der Waals surface area contributed by atoms with E-state index in [1.54, 1.807) is 29.3 Å². The van der Waals surface area contributed by atoms with Gasteiger partial charge in [0.15, 0.2) is 5.82 Å². The maximum atomic E-state index is 13.7. The Labute approximate surface area is 170 Å². The molecule has 3 aliphatic rings. The number of hydrogen-bond acceptors (Lipinski definition) is 4. The molecule has 0 aliphatic carbocycles. The first-order chi connectivity index (χ1) is 14.1. The van der Waals surface area contributed by atoms with E-state index in [2.05, 4.69) is 22.1 Å². The van der Waals surface area contributed by atoms with E-state index >= 15 is 0 Å². The number of anilines is 3. The van der Waals surface area contributed by atoms with Gasteiger partial charge in [0.2, 0.25) is 0 Å². The zero-order valence-corrected chi connectivity index (χ0v) is 16.6. The lowest BCUT2D eigenvalue weighted by atomic mass is 9.86. The van der Waals surface area contributed by atoms with Crippen molar-refractivity contribution in [2.75, 3.05) is 42.9 Å². The average Bonchev–Trinajstić information content (AvgIpc) is 3.33. The van der Waals surface area contributed by atoms with Crippen molar-refractivity contribution < 1.29 is 9.59 Å². The number of likely N-dealkylation sites (tertiary alicyclic amines) is 2. The van der Waals surface area contributed by atoms with Gasteiger partial charge in [0.25, 0.3) is 5.91 Å². The van der Waals surface area contributed by atoms with Crippen LogP contribution in [0, 0.1) is 5.41 Å². The van der Waals surface area contributed by atoms with Gasteiger partial charge < -0.3 is 15.1 Å². The second-order valence-corrected chi connectivity index (χ2v) is 8.25. The molecule has 2 fully saturated rings. The number of amides is 3. The molecule has 1 aromatic heterocycles. The van der Waals surface area contributed by atoms with Crippen LogP contribution in [0.25, 0.3) is 0 Å². The van der Waals surface area contributed by atoms with E-state index in [0.29, 0.717) is 22.8 Å². The van der Waals surface area contributed by atoms with Crippen LogP contribution in [0.5, 0.6) is 0 Å². The third kappa shape index (κ3) is 2.97. The summed E-state index contributed by atoms with van der Waals surface area (Å²) in [6.45, 7) is 6.90. The molecule has 7 nitrogen and oxygen atoms in total. The zero-order valence-electron chi connectivity index (χ0n) is 16.6. The van der Waals surface area contributed by atoms with Crippen molar-refractivity contribution in [3.8, 4) is 0 Å². The van der Waals surface area contributed by atoms with Gasteiger partial charge in [-0.05, 0) is 50.2 Å². The van der Waals surface area contributed by atoms with Gasteiger partial charge in [-0.2, -0.15) is 0 Å². The molecule has 150 valence electrons. The van der Waals surface area contributed by atoms with E-state index < -0.39 is 0 Å². The van der Waals surface area contributed by atoms with Crippen LogP contribution >= 0.6 is 0 Å². The zero-order chi connectivity index (χ0) is 20.0. The minimum Gasteiger partial charge on any atom is -0.323 e. The van der Waals surface area contributed by atoms with Crippen molar-refractivity contribution in [2.45, 2.75) is 19.8 Å². The number of hydrogen-bond donors (Lipinski definition) is 1. The first kappa shape index (κ1) is 18.1. The Morgan fingerprint density at radius 2 is 1.97 bits per heavy atom. The monoisotopic (exact) mass is 391 g/mol. The van der Waals surface area contributed by atoms with Crippen LogP contribution in [0.15, 0.2) is 42.6 Å². The Morgan fingerprint density at radius 3 is 2.79 bits per heavy atom. The average molecular weight is 391 g/mol. The highest BCUT2D eigenvalue weighted by atomic mass is 16.2. The van der Waals surface area contributed by atoms with Crippen LogP contribution in [0.4, 0.5) is 22.0 Å². The molecule has 2 aromatic rings. The lowest BCUT2D eigenvalue weighted by Gasteiger charge is -2.29. The van der Waals surface area contributed by atoms with Crippen LogP contribution in [-0.2, 0) is 0 Å². The van der Waals surface area contributed by atoms with E-state index in [4.69, 9.17) is 0 Å². The summed E-state index contributed by atoms with van der Waals surface area (Å²) in [5.74, 6) is 0.246. The van der Waals surface area contributed by atoms with E-state index in [1.165, 1.54) is 0 Å². The van der Waals surface area contributed by atoms with E-state index in [1.807, 2.05) is 23.1 Å². The van der Waals surface area contributed by atoms with Gasteiger partial charge in [0.1, 0.15) is 0 Å². The Kier molecular flexibility index (Phi) is 4.28. The van der Waals surface area contributed by atoms with Crippen molar-refractivity contribution >= 4 is 29.1 Å². The molecule has 3 aliphatic heterocycles. The second-order valence-electron chi connectivity index (χ2n) is 8.25. The Hall–Kier alpha value is -2.93. The quantitative estimate of drug-likeness (QED) is 0.810. The molecule has 0 radical (unpaired) electrons. The number of nitrogens with one attached hydrogen (secondary N) is 1. The predicted molar refractivity (Wildman–Crippen MR) is 112 cm³/mol. The molecule has 0 saturated carbocycles. The van der Waals surface area contributed by atoms with Crippen LogP contribution in [-0.4, -0.2) is 59.4 Å². The number of benzene rings is 1. The van der Waals surface area contributed by atoms with Gasteiger partial charge >= 0.3 is 6.03 Å². The van der Waals surface area contributed by atoms with Crippen molar-refractivity contribution in [3.63, 3.8) is 0 Å². The smallest absolute Gasteiger partial charge is 0.323 e. The molecular weight excluding hydrogens is 366 g/mol. The number of carbonyl (C=O) groups excluding carboxylic acids is 2. The Morgan fingerprint density at radius 1 is 1.14 bits per heavy atom.